The van der Waals surface area contributed by atoms with Crippen molar-refractivity contribution in [3.63, 3.8) is 0 Å². The first-order valence-electron chi connectivity index (χ1n) is 4.41. The quantitative estimate of drug-likeness (QED) is 0.841. The number of ether oxygens (including phenoxy) is 1. The lowest BCUT2D eigenvalue weighted by Crippen LogP contribution is -2.16. The van der Waals surface area contributed by atoms with E-state index in [4.69, 9.17) is 4.74 Å². The molecule has 0 bridgehead atoms. The fourth-order valence-corrected chi connectivity index (χ4v) is 1.66. The summed E-state index contributed by atoms with van der Waals surface area (Å²) in [7, 11) is 0. The molecule has 2 aromatic rings. The molecule has 0 aliphatic rings. The largest absolute Gasteiger partial charge is 0.417 e. The second-order valence-electron chi connectivity index (χ2n) is 2.84. The molecule has 0 atom stereocenters. The summed E-state index contributed by atoms with van der Waals surface area (Å²) in [5.74, 6) is 0.533. The molecule has 0 aliphatic heterocycles. The Labute approximate surface area is 91.3 Å². The molecule has 0 unspecified atom stereocenters. The summed E-state index contributed by atoms with van der Waals surface area (Å²) >= 11 is 1.52. The van der Waals surface area contributed by atoms with Crippen LogP contribution in [0.25, 0.3) is 0 Å². The number of nitrogens with one attached hydrogen (secondary N) is 1. The van der Waals surface area contributed by atoms with Crippen LogP contribution in [0, 0.1) is 0 Å². The van der Waals surface area contributed by atoms with E-state index in [1.165, 1.54) is 11.3 Å². The Morgan fingerprint density at radius 3 is 2.67 bits per heavy atom. The SMILES string of the molecule is O=C(Nc1ccsc1)Oc1ccccc1. The van der Waals surface area contributed by atoms with Crippen molar-refractivity contribution >= 4 is 23.1 Å². The van der Waals surface area contributed by atoms with Crippen LogP contribution in [0.3, 0.4) is 0 Å². The Morgan fingerprint density at radius 2 is 2.00 bits per heavy atom. The highest BCUT2D eigenvalue weighted by Crippen LogP contribution is 2.13. The van der Waals surface area contributed by atoms with Crippen LogP contribution in [0.1, 0.15) is 0 Å². The van der Waals surface area contributed by atoms with Crippen LogP contribution >= 0.6 is 11.3 Å². The van der Waals surface area contributed by atoms with Gasteiger partial charge in [-0.05, 0) is 23.6 Å². The van der Waals surface area contributed by atoms with Gasteiger partial charge in [0.15, 0.2) is 0 Å². The minimum absolute atomic E-state index is 0.473. The van der Waals surface area contributed by atoms with Gasteiger partial charge in [-0.1, -0.05) is 18.2 Å². The van der Waals surface area contributed by atoms with E-state index < -0.39 is 6.09 Å². The van der Waals surface area contributed by atoms with Gasteiger partial charge in [0, 0.05) is 5.38 Å². The fourth-order valence-electron chi connectivity index (χ4n) is 1.07. The molecule has 2 rings (SSSR count). The molecule has 76 valence electrons. The summed E-state index contributed by atoms with van der Waals surface area (Å²) < 4.78 is 5.04. The van der Waals surface area contributed by atoms with Crippen molar-refractivity contribution in [3.05, 3.63) is 47.2 Å². The summed E-state index contributed by atoms with van der Waals surface area (Å²) in [4.78, 5) is 11.4. The van der Waals surface area contributed by atoms with Crippen LogP contribution in [0.15, 0.2) is 47.2 Å². The summed E-state index contributed by atoms with van der Waals surface area (Å²) in [5, 5.41) is 6.35. The molecule has 0 radical (unpaired) electrons. The number of rotatable bonds is 2. The Hall–Kier alpha value is -1.81. The minimum Gasteiger partial charge on any atom is -0.410 e. The van der Waals surface area contributed by atoms with Gasteiger partial charge in [-0.3, -0.25) is 5.32 Å². The molecular weight excluding hydrogens is 210 g/mol. The van der Waals surface area contributed by atoms with Crippen molar-refractivity contribution in [3.8, 4) is 5.75 Å². The molecule has 0 saturated heterocycles. The highest BCUT2D eigenvalue weighted by atomic mass is 32.1. The first-order chi connectivity index (χ1) is 7.34. The number of thiophene rings is 1. The Kier molecular flexibility index (Phi) is 2.99. The van der Waals surface area contributed by atoms with Gasteiger partial charge in [-0.2, -0.15) is 11.3 Å². The zero-order chi connectivity index (χ0) is 10.5. The van der Waals surface area contributed by atoms with Gasteiger partial charge in [-0.15, -0.1) is 0 Å². The Morgan fingerprint density at radius 1 is 1.20 bits per heavy atom. The third-order valence-corrected chi connectivity index (χ3v) is 2.40. The fraction of sp³-hybridized carbons (Fsp3) is 0. The molecule has 0 aliphatic carbocycles. The van der Waals surface area contributed by atoms with Gasteiger partial charge in [0.1, 0.15) is 5.75 Å². The monoisotopic (exact) mass is 219 g/mol. The molecule has 1 N–H and O–H groups in total. The van der Waals surface area contributed by atoms with E-state index in [1.54, 1.807) is 12.1 Å². The highest BCUT2D eigenvalue weighted by molar-refractivity contribution is 7.08. The maximum atomic E-state index is 11.4. The number of hydrogen-bond donors (Lipinski definition) is 1. The molecule has 1 heterocycles. The maximum Gasteiger partial charge on any atom is 0.417 e. The van der Waals surface area contributed by atoms with Crippen molar-refractivity contribution in [2.24, 2.45) is 0 Å². The lowest BCUT2D eigenvalue weighted by atomic mass is 10.3. The number of para-hydroxylation sites is 1. The van der Waals surface area contributed by atoms with Crippen LogP contribution < -0.4 is 10.1 Å². The van der Waals surface area contributed by atoms with Crippen LogP contribution in [0.5, 0.6) is 5.75 Å². The van der Waals surface area contributed by atoms with Crippen molar-refractivity contribution in [2.75, 3.05) is 5.32 Å². The number of carbonyl (C=O) groups excluding carboxylic acids is 1. The van der Waals surface area contributed by atoms with Crippen LogP contribution in [-0.2, 0) is 0 Å². The van der Waals surface area contributed by atoms with Crippen molar-refractivity contribution in [1.82, 2.24) is 0 Å². The first-order valence-corrected chi connectivity index (χ1v) is 5.35. The summed E-state index contributed by atoms with van der Waals surface area (Å²) in [6, 6.07) is 10.8. The van der Waals surface area contributed by atoms with Gasteiger partial charge < -0.3 is 4.74 Å². The molecule has 15 heavy (non-hydrogen) atoms. The molecule has 0 spiro atoms. The minimum atomic E-state index is -0.473. The second kappa shape index (κ2) is 4.61. The molecule has 1 aromatic heterocycles. The van der Waals surface area contributed by atoms with E-state index in [0.717, 1.165) is 5.69 Å². The lowest BCUT2D eigenvalue weighted by Gasteiger charge is -2.04. The zero-order valence-electron chi connectivity index (χ0n) is 7.84. The third kappa shape index (κ3) is 2.82. The Balaban J connectivity index is 1.94. The predicted octanol–water partition coefficient (Wildman–Crippen LogP) is 3.36. The number of hydrogen-bond acceptors (Lipinski definition) is 3. The van der Waals surface area contributed by atoms with E-state index in [2.05, 4.69) is 5.32 Å². The first kappa shape index (κ1) is 9.73. The molecular formula is C11H9NO2S. The third-order valence-electron chi connectivity index (χ3n) is 1.72. The highest BCUT2D eigenvalue weighted by Gasteiger charge is 2.03. The van der Waals surface area contributed by atoms with Crippen LogP contribution in [0.4, 0.5) is 10.5 Å². The summed E-state index contributed by atoms with van der Waals surface area (Å²) in [6.45, 7) is 0. The van der Waals surface area contributed by atoms with Gasteiger partial charge in [0.05, 0.1) is 5.69 Å². The molecule has 3 nitrogen and oxygen atoms in total. The molecule has 1 aromatic carbocycles. The zero-order valence-corrected chi connectivity index (χ0v) is 8.66. The van der Waals surface area contributed by atoms with Gasteiger partial charge in [0.25, 0.3) is 0 Å². The number of carbonyl (C=O) groups is 1. The van der Waals surface area contributed by atoms with Gasteiger partial charge in [0.2, 0.25) is 0 Å². The van der Waals surface area contributed by atoms with Crippen molar-refractivity contribution < 1.29 is 9.53 Å². The predicted molar refractivity (Wildman–Crippen MR) is 60.4 cm³/mol. The van der Waals surface area contributed by atoms with Gasteiger partial charge in [-0.25, -0.2) is 4.79 Å². The molecule has 1 amide bonds. The summed E-state index contributed by atoms with van der Waals surface area (Å²) in [5.41, 5.74) is 0.751. The maximum absolute atomic E-state index is 11.4. The Bertz CT molecular complexity index is 425. The van der Waals surface area contributed by atoms with E-state index in [-0.39, 0.29) is 0 Å². The number of benzene rings is 1. The van der Waals surface area contributed by atoms with E-state index >= 15 is 0 Å². The van der Waals surface area contributed by atoms with Crippen molar-refractivity contribution in [1.29, 1.82) is 0 Å². The van der Waals surface area contributed by atoms with E-state index in [1.807, 2.05) is 35.0 Å². The smallest absolute Gasteiger partial charge is 0.410 e. The lowest BCUT2D eigenvalue weighted by molar-refractivity contribution is 0.215. The van der Waals surface area contributed by atoms with Crippen LogP contribution in [0.2, 0.25) is 0 Å². The average Bonchev–Trinajstić information content (AvgIpc) is 2.71. The molecule has 4 heteroatoms. The van der Waals surface area contributed by atoms with E-state index in [0.29, 0.717) is 5.75 Å². The average molecular weight is 219 g/mol. The normalized spacial score (nSPS) is 9.60. The van der Waals surface area contributed by atoms with Crippen molar-refractivity contribution in [2.45, 2.75) is 0 Å². The van der Waals surface area contributed by atoms with Crippen LogP contribution in [-0.4, -0.2) is 6.09 Å². The number of amides is 1. The summed E-state index contributed by atoms with van der Waals surface area (Å²) in [6.07, 6.45) is -0.473. The topological polar surface area (TPSA) is 38.3 Å². The molecule has 0 saturated carbocycles. The van der Waals surface area contributed by atoms with E-state index in [9.17, 15) is 4.79 Å². The van der Waals surface area contributed by atoms with Gasteiger partial charge >= 0.3 is 6.09 Å². The standard InChI is InChI=1S/C11H9NO2S/c13-11(12-9-6-7-15-8-9)14-10-4-2-1-3-5-10/h1-8H,(H,12,13). The molecule has 0 fully saturated rings. The second-order valence-corrected chi connectivity index (χ2v) is 3.62. The number of anilines is 1.